The second-order valence-electron chi connectivity index (χ2n) is 4.03. The van der Waals surface area contributed by atoms with Gasteiger partial charge in [0, 0.05) is 13.1 Å². The summed E-state index contributed by atoms with van der Waals surface area (Å²) in [6.07, 6.45) is 0. The van der Waals surface area contributed by atoms with Crippen LogP contribution in [0, 0.1) is 6.92 Å². The highest BCUT2D eigenvalue weighted by molar-refractivity contribution is 5.83. The normalized spacial score (nSPS) is 10.1. The number of amides is 1. The van der Waals surface area contributed by atoms with Gasteiger partial charge in [-0.3, -0.25) is 4.79 Å². The lowest BCUT2D eigenvalue weighted by Crippen LogP contribution is -2.37. The van der Waals surface area contributed by atoms with E-state index in [1.54, 1.807) is 0 Å². The lowest BCUT2D eigenvalue weighted by molar-refractivity contribution is -0.119. The van der Waals surface area contributed by atoms with Crippen molar-refractivity contribution in [3.8, 4) is 0 Å². The van der Waals surface area contributed by atoms with Crippen molar-refractivity contribution < 1.29 is 4.79 Å². The van der Waals surface area contributed by atoms with Crippen molar-refractivity contribution in [2.75, 3.05) is 30.3 Å². The molecule has 4 nitrogen and oxygen atoms in total. The van der Waals surface area contributed by atoms with Crippen LogP contribution in [0.4, 0.5) is 11.4 Å². The van der Waals surface area contributed by atoms with Gasteiger partial charge in [-0.1, -0.05) is 6.07 Å². The predicted octanol–water partition coefficient (Wildman–Crippen LogP) is 1.54. The summed E-state index contributed by atoms with van der Waals surface area (Å²) in [6.45, 7) is 7.70. The minimum atomic E-state index is 0.0234. The van der Waals surface area contributed by atoms with Crippen molar-refractivity contribution in [2.45, 2.75) is 20.8 Å². The summed E-state index contributed by atoms with van der Waals surface area (Å²) in [5.41, 5.74) is 8.72. The molecule has 0 atom stereocenters. The summed E-state index contributed by atoms with van der Waals surface area (Å²) in [5.74, 6) is 0.0234. The predicted molar refractivity (Wildman–Crippen MR) is 72.2 cm³/mol. The van der Waals surface area contributed by atoms with Gasteiger partial charge in [0.2, 0.25) is 5.91 Å². The Morgan fingerprint density at radius 2 is 2.12 bits per heavy atom. The van der Waals surface area contributed by atoms with E-state index in [2.05, 4.69) is 5.32 Å². The SMILES string of the molecule is CCNC(=O)CN(CC)c1cc(C)ccc1N. The number of nitrogens with one attached hydrogen (secondary N) is 1. The molecular formula is C13H21N3O. The molecule has 1 aromatic rings. The van der Waals surface area contributed by atoms with Gasteiger partial charge in [0.15, 0.2) is 0 Å². The first kappa shape index (κ1) is 13.4. The third-order valence-corrected chi connectivity index (χ3v) is 2.62. The van der Waals surface area contributed by atoms with Gasteiger partial charge >= 0.3 is 0 Å². The molecule has 1 aromatic carbocycles. The third kappa shape index (κ3) is 3.66. The molecule has 0 bridgehead atoms. The molecule has 0 aromatic heterocycles. The molecule has 0 saturated heterocycles. The third-order valence-electron chi connectivity index (χ3n) is 2.62. The standard InChI is InChI=1S/C13H21N3O/c1-4-15-13(17)9-16(5-2)12-8-10(3)6-7-11(12)14/h6-8H,4-5,9,14H2,1-3H3,(H,15,17). The number of nitrogens with zero attached hydrogens (tertiary/aromatic N) is 1. The van der Waals surface area contributed by atoms with Crippen LogP contribution in [-0.4, -0.2) is 25.5 Å². The van der Waals surface area contributed by atoms with Gasteiger partial charge in [0.05, 0.1) is 17.9 Å². The van der Waals surface area contributed by atoms with Gasteiger partial charge in [-0.05, 0) is 38.5 Å². The number of nitrogens with two attached hydrogens (primary N) is 1. The summed E-state index contributed by atoms with van der Waals surface area (Å²) < 4.78 is 0. The quantitative estimate of drug-likeness (QED) is 0.761. The van der Waals surface area contributed by atoms with Crippen molar-refractivity contribution in [1.82, 2.24) is 5.32 Å². The van der Waals surface area contributed by atoms with Gasteiger partial charge in [-0.25, -0.2) is 0 Å². The van der Waals surface area contributed by atoms with E-state index < -0.39 is 0 Å². The first-order chi connectivity index (χ1) is 8.08. The van der Waals surface area contributed by atoms with Crippen LogP contribution in [0.15, 0.2) is 18.2 Å². The van der Waals surface area contributed by atoms with E-state index in [-0.39, 0.29) is 5.91 Å². The van der Waals surface area contributed by atoms with E-state index >= 15 is 0 Å². The number of hydrogen-bond donors (Lipinski definition) is 2. The van der Waals surface area contributed by atoms with Crippen molar-refractivity contribution >= 4 is 17.3 Å². The second kappa shape index (κ2) is 6.13. The highest BCUT2D eigenvalue weighted by Gasteiger charge is 2.11. The van der Waals surface area contributed by atoms with E-state index in [0.29, 0.717) is 18.8 Å². The fraction of sp³-hybridized carbons (Fsp3) is 0.462. The first-order valence-corrected chi connectivity index (χ1v) is 5.96. The fourth-order valence-electron chi connectivity index (χ4n) is 1.72. The zero-order valence-electron chi connectivity index (χ0n) is 10.8. The Morgan fingerprint density at radius 1 is 1.41 bits per heavy atom. The van der Waals surface area contributed by atoms with Crippen LogP contribution >= 0.6 is 0 Å². The minimum Gasteiger partial charge on any atom is -0.397 e. The summed E-state index contributed by atoms with van der Waals surface area (Å²) in [7, 11) is 0. The number of aryl methyl sites for hydroxylation is 1. The minimum absolute atomic E-state index is 0.0234. The Balaban J connectivity index is 2.85. The highest BCUT2D eigenvalue weighted by Crippen LogP contribution is 2.23. The van der Waals surface area contributed by atoms with Crippen LogP contribution in [0.25, 0.3) is 0 Å². The number of carbonyl (C=O) groups is 1. The summed E-state index contributed by atoms with van der Waals surface area (Å²) in [6, 6.07) is 5.86. The molecule has 4 heteroatoms. The van der Waals surface area contributed by atoms with Gasteiger partial charge in [0.25, 0.3) is 0 Å². The monoisotopic (exact) mass is 235 g/mol. The van der Waals surface area contributed by atoms with E-state index in [9.17, 15) is 4.79 Å². The Morgan fingerprint density at radius 3 is 2.71 bits per heavy atom. The molecule has 0 aliphatic rings. The summed E-state index contributed by atoms with van der Waals surface area (Å²) in [5, 5.41) is 2.79. The van der Waals surface area contributed by atoms with Crippen LogP contribution in [-0.2, 0) is 4.79 Å². The lowest BCUT2D eigenvalue weighted by atomic mass is 10.1. The van der Waals surface area contributed by atoms with Gasteiger partial charge < -0.3 is 16.0 Å². The fourth-order valence-corrected chi connectivity index (χ4v) is 1.72. The first-order valence-electron chi connectivity index (χ1n) is 5.96. The Kier molecular flexibility index (Phi) is 4.82. The number of benzene rings is 1. The maximum Gasteiger partial charge on any atom is 0.239 e. The zero-order chi connectivity index (χ0) is 12.8. The molecule has 0 aliphatic heterocycles. The average Bonchev–Trinajstić information content (AvgIpc) is 2.30. The van der Waals surface area contributed by atoms with Crippen molar-refractivity contribution in [3.05, 3.63) is 23.8 Å². The van der Waals surface area contributed by atoms with Crippen molar-refractivity contribution in [2.24, 2.45) is 0 Å². The molecular weight excluding hydrogens is 214 g/mol. The molecule has 1 amide bonds. The number of carbonyl (C=O) groups excluding carboxylic acids is 1. The molecule has 94 valence electrons. The number of nitrogen functional groups attached to an aromatic ring is 1. The van der Waals surface area contributed by atoms with Gasteiger partial charge in [-0.2, -0.15) is 0 Å². The molecule has 0 radical (unpaired) electrons. The number of hydrogen-bond acceptors (Lipinski definition) is 3. The summed E-state index contributed by atoms with van der Waals surface area (Å²) in [4.78, 5) is 13.6. The molecule has 0 heterocycles. The Labute approximate surface area is 103 Å². The van der Waals surface area contributed by atoms with Crippen LogP contribution in [0.5, 0.6) is 0 Å². The average molecular weight is 235 g/mol. The maximum atomic E-state index is 11.6. The molecule has 0 aliphatic carbocycles. The Bertz CT molecular complexity index is 390. The smallest absolute Gasteiger partial charge is 0.239 e. The molecule has 0 saturated carbocycles. The molecule has 3 N–H and O–H groups in total. The highest BCUT2D eigenvalue weighted by atomic mass is 16.2. The molecule has 17 heavy (non-hydrogen) atoms. The Hall–Kier alpha value is -1.71. The number of anilines is 2. The van der Waals surface area contributed by atoms with Crippen molar-refractivity contribution in [1.29, 1.82) is 0 Å². The van der Waals surface area contributed by atoms with Crippen LogP contribution in [0.1, 0.15) is 19.4 Å². The van der Waals surface area contributed by atoms with Crippen LogP contribution < -0.4 is 16.0 Å². The van der Waals surface area contributed by atoms with Gasteiger partial charge in [-0.15, -0.1) is 0 Å². The van der Waals surface area contributed by atoms with E-state index in [4.69, 9.17) is 5.73 Å². The molecule has 0 fully saturated rings. The molecule has 1 rings (SSSR count). The van der Waals surface area contributed by atoms with Gasteiger partial charge in [0.1, 0.15) is 0 Å². The number of likely N-dealkylation sites (N-methyl/N-ethyl adjacent to an activating group) is 2. The maximum absolute atomic E-state index is 11.6. The van der Waals surface area contributed by atoms with E-state index in [0.717, 1.165) is 17.8 Å². The van der Waals surface area contributed by atoms with Crippen molar-refractivity contribution in [3.63, 3.8) is 0 Å². The summed E-state index contributed by atoms with van der Waals surface area (Å²) >= 11 is 0. The zero-order valence-corrected chi connectivity index (χ0v) is 10.8. The van der Waals surface area contributed by atoms with Crippen LogP contribution in [0.2, 0.25) is 0 Å². The van der Waals surface area contributed by atoms with E-state index in [1.165, 1.54) is 0 Å². The second-order valence-corrected chi connectivity index (χ2v) is 4.03. The number of rotatable bonds is 5. The molecule has 0 unspecified atom stereocenters. The topological polar surface area (TPSA) is 58.4 Å². The molecule has 0 spiro atoms. The lowest BCUT2D eigenvalue weighted by Gasteiger charge is -2.24. The largest absolute Gasteiger partial charge is 0.397 e. The van der Waals surface area contributed by atoms with E-state index in [1.807, 2.05) is 43.9 Å². The van der Waals surface area contributed by atoms with Crippen LogP contribution in [0.3, 0.4) is 0 Å².